The predicted molar refractivity (Wildman–Crippen MR) is 80.1 cm³/mol. The molecule has 5 heteroatoms. The van der Waals surface area contributed by atoms with E-state index in [4.69, 9.17) is 0 Å². The number of amides is 1. The van der Waals surface area contributed by atoms with Gasteiger partial charge in [0.25, 0.3) is 5.91 Å². The Hall–Kier alpha value is -2.61. The Kier molecular flexibility index (Phi) is 3.69. The van der Waals surface area contributed by atoms with E-state index in [0.29, 0.717) is 0 Å². The molecule has 1 aromatic heterocycles. The molecule has 3 rings (SSSR count). The lowest BCUT2D eigenvalue weighted by molar-refractivity contribution is -0.127. The number of aromatic nitrogens is 2. The quantitative estimate of drug-likeness (QED) is 0.678. The summed E-state index contributed by atoms with van der Waals surface area (Å²) in [6.45, 7) is 1.50. The van der Waals surface area contributed by atoms with Crippen LogP contribution in [0.4, 0.5) is 0 Å². The van der Waals surface area contributed by atoms with Gasteiger partial charge in [0.05, 0.1) is 11.7 Å². The van der Waals surface area contributed by atoms with Crippen molar-refractivity contribution in [1.29, 1.82) is 5.26 Å². The van der Waals surface area contributed by atoms with Gasteiger partial charge in [-0.2, -0.15) is 10.4 Å². The fourth-order valence-corrected chi connectivity index (χ4v) is 2.63. The average Bonchev–Trinajstić information content (AvgIpc) is 3.00. The molecule has 0 aliphatic carbocycles. The Morgan fingerprint density at radius 1 is 1.33 bits per heavy atom. The molecule has 0 bridgehead atoms. The van der Waals surface area contributed by atoms with Gasteiger partial charge in [-0.05, 0) is 43.0 Å². The Balaban J connectivity index is 1.87. The molecule has 0 spiro atoms. The molecule has 1 N–H and O–H groups in total. The number of piperidine rings is 1. The number of rotatable bonds is 2. The number of benzene rings is 1. The summed E-state index contributed by atoms with van der Waals surface area (Å²) in [5.74, 6) is -0.163. The molecule has 0 saturated carbocycles. The first kappa shape index (κ1) is 13.4. The second kappa shape index (κ2) is 5.80. The highest BCUT2D eigenvalue weighted by Crippen LogP contribution is 2.17. The van der Waals surface area contributed by atoms with Crippen molar-refractivity contribution in [2.75, 3.05) is 13.1 Å². The van der Waals surface area contributed by atoms with E-state index in [1.807, 2.05) is 24.3 Å². The molecule has 0 unspecified atom stereocenters. The summed E-state index contributed by atoms with van der Waals surface area (Å²) in [7, 11) is 0. The first-order valence-corrected chi connectivity index (χ1v) is 7.12. The van der Waals surface area contributed by atoms with Crippen LogP contribution >= 0.6 is 0 Å². The molecule has 5 nitrogen and oxygen atoms in total. The molecule has 0 radical (unpaired) electrons. The van der Waals surface area contributed by atoms with Crippen molar-refractivity contribution in [2.24, 2.45) is 0 Å². The molecule has 21 heavy (non-hydrogen) atoms. The number of carbonyl (C=O) groups is 1. The van der Waals surface area contributed by atoms with Gasteiger partial charge in [0.15, 0.2) is 0 Å². The molecule has 1 aliphatic rings. The van der Waals surface area contributed by atoms with Crippen molar-refractivity contribution in [3.05, 3.63) is 35.5 Å². The molecule has 0 atom stereocenters. The van der Waals surface area contributed by atoms with Gasteiger partial charge in [-0.25, -0.2) is 0 Å². The zero-order valence-corrected chi connectivity index (χ0v) is 11.7. The van der Waals surface area contributed by atoms with Crippen LogP contribution < -0.4 is 0 Å². The minimum Gasteiger partial charge on any atom is -0.338 e. The molecule has 1 amide bonds. The molecule has 2 heterocycles. The smallest absolute Gasteiger partial charge is 0.264 e. The highest BCUT2D eigenvalue weighted by Gasteiger charge is 2.20. The van der Waals surface area contributed by atoms with Crippen molar-refractivity contribution in [2.45, 2.75) is 19.3 Å². The monoisotopic (exact) mass is 280 g/mol. The number of aromatic amines is 1. The SMILES string of the molecule is N#C/C(=C\c1ccc2[nH]ncc2c1)C(=O)N1CCCCC1. The normalized spacial score (nSPS) is 16.0. The number of H-pyrrole nitrogens is 1. The third kappa shape index (κ3) is 2.79. The molecule has 1 aliphatic heterocycles. The van der Waals surface area contributed by atoms with Gasteiger partial charge in [0.1, 0.15) is 11.6 Å². The third-order valence-electron chi connectivity index (χ3n) is 3.77. The van der Waals surface area contributed by atoms with Crippen molar-refractivity contribution in [3.8, 4) is 6.07 Å². The van der Waals surface area contributed by atoms with Crippen LogP contribution in [0.5, 0.6) is 0 Å². The molecule has 1 fully saturated rings. The van der Waals surface area contributed by atoms with E-state index in [-0.39, 0.29) is 11.5 Å². The Bertz CT molecular complexity index is 732. The molecular weight excluding hydrogens is 264 g/mol. The maximum atomic E-state index is 12.4. The third-order valence-corrected chi connectivity index (χ3v) is 3.77. The summed E-state index contributed by atoms with van der Waals surface area (Å²) in [6, 6.07) is 7.73. The highest BCUT2D eigenvalue weighted by molar-refractivity contribution is 6.02. The molecular formula is C16H16N4O. The van der Waals surface area contributed by atoms with Crippen LogP contribution in [0.3, 0.4) is 0 Å². The minimum atomic E-state index is -0.163. The topological polar surface area (TPSA) is 72.8 Å². The van der Waals surface area contributed by atoms with Gasteiger partial charge in [0.2, 0.25) is 0 Å². The van der Waals surface area contributed by atoms with Gasteiger partial charge < -0.3 is 4.90 Å². The fraction of sp³-hybridized carbons (Fsp3) is 0.312. The maximum absolute atomic E-state index is 12.4. The summed E-state index contributed by atoms with van der Waals surface area (Å²) in [5, 5.41) is 17.1. The van der Waals surface area contributed by atoms with Gasteiger partial charge >= 0.3 is 0 Å². The zero-order valence-electron chi connectivity index (χ0n) is 11.7. The van der Waals surface area contributed by atoms with Gasteiger partial charge in [-0.1, -0.05) is 6.07 Å². The highest BCUT2D eigenvalue weighted by atomic mass is 16.2. The number of likely N-dealkylation sites (tertiary alicyclic amines) is 1. The molecule has 1 saturated heterocycles. The Morgan fingerprint density at radius 2 is 2.14 bits per heavy atom. The summed E-state index contributed by atoms with van der Waals surface area (Å²) >= 11 is 0. The molecule has 106 valence electrons. The fourth-order valence-electron chi connectivity index (χ4n) is 2.63. The van der Waals surface area contributed by atoms with E-state index in [0.717, 1.165) is 48.8 Å². The van der Waals surface area contributed by atoms with Crippen molar-refractivity contribution < 1.29 is 4.79 Å². The van der Waals surface area contributed by atoms with Crippen molar-refractivity contribution in [3.63, 3.8) is 0 Å². The van der Waals surface area contributed by atoms with Crippen LogP contribution in [0.1, 0.15) is 24.8 Å². The van der Waals surface area contributed by atoms with Crippen LogP contribution in [0.2, 0.25) is 0 Å². The number of carbonyl (C=O) groups excluding carboxylic acids is 1. The Morgan fingerprint density at radius 3 is 2.90 bits per heavy atom. The van der Waals surface area contributed by atoms with Crippen LogP contribution in [0.15, 0.2) is 30.0 Å². The van der Waals surface area contributed by atoms with E-state index < -0.39 is 0 Å². The number of nitrogens with one attached hydrogen (secondary N) is 1. The standard InChI is InChI=1S/C16H16N4O/c17-10-13(16(21)20-6-2-1-3-7-20)8-12-4-5-15-14(9-12)11-18-19-15/h4-5,8-9,11H,1-3,6-7H2,(H,18,19)/b13-8+. The van der Waals surface area contributed by atoms with Gasteiger partial charge in [-0.15, -0.1) is 0 Å². The second-order valence-corrected chi connectivity index (χ2v) is 5.24. The molecule has 2 aromatic rings. The lowest BCUT2D eigenvalue weighted by Gasteiger charge is -2.26. The van der Waals surface area contributed by atoms with Gasteiger partial charge in [0, 0.05) is 18.5 Å². The van der Waals surface area contributed by atoms with Crippen LogP contribution in [-0.2, 0) is 4.79 Å². The van der Waals surface area contributed by atoms with Crippen molar-refractivity contribution >= 4 is 22.9 Å². The number of nitriles is 1. The van der Waals surface area contributed by atoms with Gasteiger partial charge in [-0.3, -0.25) is 9.89 Å². The summed E-state index contributed by atoms with van der Waals surface area (Å²) < 4.78 is 0. The van der Waals surface area contributed by atoms with Crippen LogP contribution in [0, 0.1) is 11.3 Å². The van der Waals surface area contributed by atoms with Crippen molar-refractivity contribution in [1.82, 2.24) is 15.1 Å². The lowest BCUT2D eigenvalue weighted by Crippen LogP contribution is -2.36. The number of nitrogens with zero attached hydrogens (tertiary/aromatic N) is 3. The summed E-state index contributed by atoms with van der Waals surface area (Å²) in [5.41, 5.74) is 1.97. The lowest BCUT2D eigenvalue weighted by atomic mass is 10.1. The molecule has 1 aromatic carbocycles. The number of hydrogen-bond acceptors (Lipinski definition) is 3. The van der Waals surface area contributed by atoms with E-state index >= 15 is 0 Å². The average molecular weight is 280 g/mol. The first-order chi connectivity index (χ1) is 10.3. The van der Waals surface area contributed by atoms with E-state index in [9.17, 15) is 10.1 Å². The summed E-state index contributed by atoms with van der Waals surface area (Å²) in [6.07, 6.45) is 6.58. The van der Waals surface area contributed by atoms with E-state index in [1.54, 1.807) is 17.2 Å². The minimum absolute atomic E-state index is 0.163. The van der Waals surface area contributed by atoms with Crippen LogP contribution in [0.25, 0.3) is 17.0 Å². The first-order valence-electron chi connectivity index (χ1n) is 7.12. The predicted octanol–water partition coefficient (Wildman–Crippen LogP) is 2.48. The maximum Gasteiger partial charge on any atom is 0.264 e. The number of hydrogen-bond donors (Lipinski definition) is 1. The number of fused-ring (bicyclic) bond motifs is 1. The summed E-state index contributed by atoms with van der Waals surface area (Å²) in [4.78, 5) is 14.1. The van der Waals surface area contributed by atoms with E-state index in [1.165, 1.54) is 0 Å². The second-order valence-electron chi connectivity index (χ2n) is 5.24. The Labute approximate surface area is 122 Å². The zero-order chi connectivity index (χ0) is 14.7. The largest absolute Gasteiger partial charge is 0.338 e. The van der Waals surface area contributed by atoms with E-state index in [2.05, 4.69) is 10.2 Å². The van der Waals surface area contributed by atoms with Crippen LogP contribution in [-0.4, -0.2) is 34.1 Å².